The highest BCUT2D eigenvalue weighted by molar-refractivity contribution is 5.85. The van der Waals surface area contributed by atoms with Crippen molar-refractivity contribution in [1.29, 1.82) is 0 Å². The van der Waals surface area contributed by atoms with E-state index in [9.17, 15) is 0 Å². The second-order valence-electron chi connectivity index (χ2n) is 3.15. The maximum absolute atomic E-state index is 8.92. The second-order valence-corrected chi connectivity index (χ2v) is 3.15. The predicted molar refractivity (Wildman–Crippen MR) is 51.8 cm³/mol. The molecule has 0 aromatic carbocycles. The minimum atomic E-state index is -0.118. The fourth-order valence-corrected chi connectivity index (χ4v) is 1.21. The van der Waals surface area contributed by atoms with E-state index in [-0.39, 0.29) is 24.5 Å². The van der Waals surface area contributed by atoms with Crippen LogP contribution in [0, 0.1) is 0 Å². The minimum Gasteiger partial charge on any atom is -0.409 e. The topological polar surface area (TPSA) is 82.1 Å². The molecule has 0 aromatic rings. The third-order valence-corrected chi connectivity index (χ3v) is 2.29. The quantitative estimate of drug-likeness (QED) is 0.242. The molecule has 0 fully saturated rings. The Bertz CT molecular complexity index is 173. The van der Waals surface area contributed by atoms with Crippen molar-refractivity contribution in [2.24, 2.45) is 10.9 Å². The Kier molecular flexibility index (Phi) is 5.41. The van der Waals surface area contributed by atoms with Crippen molar-refractivity contribution in [3.8, 4) is 0 Å². The normalized spacial score (nSPS) is 17.5. The van der Waals surface area contributed by atoms with Gasteiger partial charge < -0.3 is 16.0 Å². The molecule has 0 heterocycles. The molecule has 13 heavy (non-hydrogen) atoms. The lowest BCUT2D eigenvalue weighted by atomic mass is 10.1. The number of aliphatic hydroxyl groups is 1. The van der Waals surface area contributed by atoms with Gasteiger partial charge in [0.15, 0.2) is 5.84 Å². The number of nitrogens with zero attached hydrogens (tertiary/aromatic N) is 2. The molecule has 78 valence electrons. The zero-order chi connectivity index (χ0) is 10.4. The van der Waals surface area contributed by atoms with Crippen LogP contribution in [0.1, 0.15) is 20.3 Å². The molecule has 4 N–H and O–H groups in total. The van der Waals surface area contributed by atoms with E-state index < -0.39 is 0 Å². The van der Waals surface area contributed by atoms with Crippen LogP contribution < -0.4 is 5.73 Å². The third kappa shape index (κ3) is 3.20. The van der Waals surface area contributed by atoms with E-state index in [1.807, 2.05) is 25.8 Å². The average Bonchev–Trinajstić information content (AvgIpc) is 2.17. The molecule has 0 radical (unpaired) electrons. The van der Waals surface area contributed by atoms with Crippen molar-refractivity contribution in [2.45, 2.75) is 32.4 Å². The zero-order valence-corrected chi connectivity index (χ0v) is 8.44. The summed E-state index contributed by atoms with van der Waals surface area (Å²) in [7, 11) is 1.84. The monoisotopic (exact) mass is 189 g/mol. The number of oxime groups is 1. The van der Waals surface area contributed by atoms with Crippen LogP contribution >= 0.6 is 0 Å². The van der Waals surface area contributed by atoms with Crippen molar-refractivity contribution in [3.63, 3.8) is 0 Å². The van der Waals surface area contributed by atoms with Crippen LogP contribution in [0.2, 0.25) is 0 Å². The SMILES string of the molecule is CCC(C(N)=NO)N(C)C(C)CO. The number of hydrogen-bond donors (Lipinski definition) is 3. The van der Waals surface area contributed by atoms with Gasteiger partial charge in [-0.1, -0.05) is 12.1 Å². The van der Waals surface area contributed by atoms with Gasteiger partial charge in [-0.05, 0) is 20.4 Å². The molecule has 0 aromatic heterocycles. The number of aliphatic hydroxyl groups excluding tert-OH is 1. The lowest BCUT2D eigenvalue weighted by Gasteiger charge is -2.30. The summed E-state index contributed by atoms with van der Waals surface area (Å²) in [5.74, 6) is 0.185. The predicted octanol–water partition coefficient (Wildman–Crippen LogP) is -0.176. The molecule has 2 unspecified atom stereocenters. The zero-order valence-electron chi connectivity index (χ0n) is 8.44. The molecule has 0 aliphatic rings. The van der Waals surface area contributed by atoms with E-state index in [0.717, 1.165) is 6.42 Å². The van der Waals surface area contributed by atoms with E-state index in [1.54, 1.807) is 0 Å². The lowest BCUT2D eigenvalue weighted by Crippen LogP contribution is -2.47. The molecule has 0 rings (SSSR count). The Morgan fingerprint density at radius 1 is 1.62 bits per heavy atom. The van der Waals surface area contributed by atoms with Crippen molar-refractivity contribution < 1.29 is 10.3 Å². The third-order valence-electron chi connectivity index (χ3n) is 2.29. The van der Waals surface area contributed by atoms with Crippen LogP contribution in [-0.2, 0) is 0 Å². The van der Waals surface area contributed by atoms with Gasteiger partial charge in [-0.3, -0.25) is 4.90 Å². The summed E-state index contributed by atoms with van der Waals surface area (Å²) in [5.41, 5.74) is 5.50. The van der Waals surface area contributed by atoms with Gasteiger partial charge in [-0.25, -0.2) is 0 Å². The molecule has 0 aliphatic carbocycles. The Morgan fingerprint density at radius 2 is 2.15 bits per heavy atom. The van der Waals surface area contributed by atoms with Crippen LogP contribution in [0.5, 0.6) is 0 Å². The van der Waals surface area contributed by atoms with Crippen LogP contribution in [0.3, 0.4) is 0 Å². The molecule has 5 nitrogen and oxygen atoms in total. The summed E-state index contributed by atoms with van der Waals surface area (Å²) in [6, 6.07) is -0.114. The summed E-state index contributed by atoms with van der Waals surface area (Å²) in [6.45, 7) is 3.89. The average molecular weight is 189 g/mol. The van der Waals surface area contributed by atoms with Crippen molar-refractivity contribution in [2.75, 3.05) is 13.7 Å². The Labute approximate surface area is 78.8 Å². The largest absolute Gasteiger partial charge is 0.409 e. The molecule has 0 aliphatic heterocycles. The standard InChI is InChI=1S/C8H19N3O2/c1-4-7(8(9)10-13)11(3)6(2)5-12/h6-7,12-13H,4-5H2,1-3H3,(H2,9,10). The maximum atomic E-state index is 8.92. The molecular weight excluding hydrogens is 170 g/mol. The number of rotatable bonds is 5. The van der Waals surface area contributed by atoms with E-state index in [1.165, 1.54) is 0 Å². The molecule has 5 heteroatoms. The highest BCUT2D eigenvalue weighted by atomic mass is 16.4. The fourth-order valence-electron chi connectivity index (χ4n) is 1.21. The van der Waals surface area contributed by atoms with Crippen molar-refractivity contribution >= 4 is 5.84 Å². The first-order valence-electron chi connectivity index (χ1n) is 4.38. The molecule has 0 bridgehead atoms. The highest BCUT2D eigenvalue weighted by Gasteiger charge is 2.21. The first-order chi connectivity index (χ1) is 6.08. The van der Waals surface area contributed by atoms with Crippen LogP contribution in [0.15, 0.2) is 5.16 Å². The Balaban J connectivity index is 4.39. The Hall–Kier alpha value is -0.810. The van der Waals surface area contributed by atoms with Crippen LogP contribution in [-0.4, -0.2) is 46.8 Å². The van der Waals surface area contributed by atoms with E-state index >= 15 is 0 Å². The molecular formula is C8H19N3O2. The van der Waals surface area contributed by atoms with Gasteiger partial charge in [-0.2, -0.15) is 0 Å². The lowest BCUT2D eigenvalue weighted by molar-refractivity contribution is 0.139. The number of hydrogen-bond acceptors (Lipinski definition) is 4. The van der Waals surface area contributed by atoms with Gasteiger partial charge in [0.05, 0.1) is 12.6 Å². The maximum Gasteiger partial charge on any atom is 0.156 e. The van der Waals surface area contributed by atoms with E-state index in [0.29, 0.717) is 0 Å². The van der Waals surface area contributed by atoms with Crippen molar-refractivity contribution in [3.05, 3.63) is 0 Å². The number of nitrogens with two attached hydrogens (primary N) is 1. The van der Waals surface area contributed by atoms with Gasteiger partial charge in [0, 0.05) is 6.04 Å². The summed E-state index contributed by atoms with van der Waals surface area (Å²) in [5, 5.41) is 20.4. The fraction of sp³-hybridized carbons (Fsp3) is 0.875. The van der Waals surface area contributed by atoms with Crippen LogP contribution in [0.25, 0.3) is 0 Å². The smallest absolute Gasteiger partial charge is 0.156 e. The van der Waals surface area contributed by atoms with Crippen LogP contribution in [0.4, 0.5) is 0 Å². The molecule has 0 spiro atoms. The van der Waals surface area contributed by atoms with Gasteiger partial charge >= 0.3 is 0 Å². The van der Waals surface area contributed by atoms with Gasteiger partial charge in [0.2, 0.25) is 0 Å². The van der Waals surface area contributed by atoms with Gasteiger partial charge in [0.25, 0.3) is 0 Å². The van der Waals surface area contributed by atoms with Crippen molar-refractivity contribution in [1.82, 2.24) is 4.90 Å². The summed E-state index contributed by atoms with van der Waals surface area (Å²) < 4.78 is 0. The molecule has 0 amide bonds. The minimum absolute atomic E-state index is 0.00486. The number of likely N-dealkylation sites (N-methyl/N-ethyl adjacent to an activating group) is 1. The highest BCUT2D eigenvalue weighted by Crippen LogP contribution is 2.06. The summed E-state index contributed by atoms with van der Waals surface area (Å²) in [6.07, 6.45) is 0.747. The molecule has 2 atom stereocenters. The van der Waals surface area contributed by atoms with Gasteiger partial charge in [-0.15, -0.1) is 0 Å². The second kappa shape index (κ2) is 5.77. The first kappa shape index (κ1) is 12.2. The first-order valence-corrected chi connectivity index (χ1v) is 4.38. The molecule has 0 saturated carbocycles. The summed E-state index contributed by atoms with van der Waals surface area (Å²) >= 11 is 0. The Morgan fingerprint density at radius 3 is 2.46 bits per heavy atom. The summed E-state index contributed by atoms with van der Waals surface area (Å²) in [4.78, 5) is 1.88. The van der Waals surface area contributed by atoms with Gasteiger partial charge in [0.1, 0.15) is 0 Å². The van der Waals surface area contributed by atoms with E-state index in [2.05, 4.69) is 5.16 Å². The number of amidine groups is 1. The molecule has 0 saturated heterocycles. The van der Waals surface area contributed by atoms with E-state index in [4.69, 9.17) is 16.0 Å².